The quantitative estimate of drug-likeness (QED) is 0.711. The summed E-state index contributed by atoms with van der Waals surface area (Å²) in [7, 11) is -3.67. The lowest BCUT2D eigenvalue weighted by molar-refractivity contribution is 0.102. The van der Waals surface area contributed by atoms with Gasteiger partial charge in [-0.3, -0.25) is 4.79 Å². The second-order valence-electron chi connectivity index (χ2n) is 6.38. The van der Waals surface area contributed by atoms with Crippen LogP contribution in [0.3, 0.4) is 0 Å². The summed E-state index contributed by atoms with van der Waals surface area (Å²) in [5, 5.41) is 5.90. The summed E-state index contributed by atoms with van der Waals surface area (Å²) in [6.45, 7) is 1.93. The number of hydrogen-bond acceptors (Lipinski definition) is 4. The normalized spacial score (nSPS) is 14.1. The Balaban J connectivity index is 1.52. The first-order valence-electron chi connectivity index (χ1n) is 8.62. The van der Waals surface area contributed by atoms with Crippen molar-refractivity contribution in [2.45, 2.75) is 11.8 Å². The fraction of sp³-hybridized carbons (Fsp3) is 0.0476. The highest BCUT2D eigenvalue weighted by atomic mass is 32.2. The molecule has 140 valence electrons. The summed E-state index contributed by atoms with van der Waals surface area (Å²) < 4.78 is 28.0. The Hall–Kier alpha value is -3.45. The van der Waals surface area contributed by atoms with E-state index in [0.717, 1.165) is 11.3 Å². The van der Waals surface area contributed by atoms with E-state index in [-0.39, 0.29) is 16.6 Å². The van der Waals surface area contributed by atoms with E-state index in [9.17, 15) is 13.2 Å². The van der Waals surface area contributed by atoms with Crippen LogP contribution in [-0.4, -0.2) is 20.2 Å². The van der Waals surface area contributed by atoms with Crippen LogP contribution in [0, 0.1) is 6.92 Å². The van der Waals surface area contributed by atoms with Crippen molar-refractivity contribution in [1.29, 1.82) is 0 Å². The molecule has 1 amide bonds. The molecule has 3 aromatic rings. The number of carbonyl (C=O) groups is 1. The van der Waals surface area contributed by atoms with Crippen molar-refractivity contribution in [3.8, 4) is 0 Å². The number of hydrogen-bond donors (Lipinski definition) is 2. The SMILES string of the molecule is Cc1ccccc1NC(=O)c1ccc(NC2=NS(=O)(=O)c3ccccc32)cc1. The van der Waals surface area contributed by atoms with Gasteiger partial charge in [-0.1, -0.05) is 30.3 Å². The maximum Gasteiger partial charge on any atom is 0.285 e. The maximum atomic E-state index is 12.4. The third-order valence-corrected chi connectivity index (χ3v) is 5.77. The van der Waals surface area contributed by atoms with Gasteiger partial charge in [0.15, 0.2) is 5.84 Å². The summed E-state index contributed by atoms with van der Waals surface area (Å²) in [6, 6.07) is 21.0. The molecule has 0 bridgehead atoms. The number of rotatable bonds is 3. The minimum absolute atomic E-state index is 0.187. The van der Waals surface area contributed by atoms with Crippen molar-refractivity contribution >= 4 is 33.1 Å². The number of fused-ring (bicyclic) bond motifs is 1. The van der Waals surface area contributed by atoms with Gasteiger partial charge in [0.2, 0.25) is 0 Å². The molecule has 0 radical (unpaired) electrons. The molecule has 1 heterocycles. The first-order valence-corrected chi connectivity index (χ1v) is 10.1. The molecule has 2 N–H and O–H groups in total. The van der Waals surface area contributed by atoms with Crippen LogP contribution in [-0.2, 0) is 10.0 Å². The third-order valence-electron chi connectivity index (χ3n) is 4.43. The first-order chi connectivity index (χ1) is 13.4. The van der Waals surface area contributed by atoms with E-state index in [4.69, 9.17) is 0 Å². The van der Waals surface area contributed by atoms with Gasteiger partial charge in [0.05, 0.1) is 0 Å². The van der Waals surface area contributed by atoms with Crippen molar-refractivity contribution in [2.75, 3.05) is 10.6 Å². The number of para-hydroxylation sites is 1. The molecule has 0 aliphatic carbocycles. The van der Waals surface area contributed by atoms with E-state index in [1.807, 2.05) is 31.2 Å². The van der Waals surface area contributed by atoms with Crippen LogP contribution in [0.2, 0.25) is 0 Å². The molecular weight excluding hydrogens is 374 g/mol. The molecule has 1 aliphatic rings. The largest absolute Gasteiger partial charge is 0.339 e. The molecular formula is C21H17N3O3S. The highest BCUT2D eigenvalue weighted by molar-refractivity contribution is 7.90. The Morgan fingerprint density at radius 2 is 1.57 bits per heavy atom. The van der Waals surface area contributed by atoms with Crippen molar-refractivity contribution in [1.82, 2.24) is 0 Å². The van der Waals surface area contributed by atoms with Gasteiger partial charge in [-0.2, -0.15) is 8.42 Å². The van der Waals surface area contributed by atoms with Gasteiger partial charge in [-0.05, 0) is 55.0 Å². The van der Waals surface area contributed by atoms with E-state index in [0.29, 0.717) is 16.8 Å². The number of amidine groups is 1. The van der Waals surface area contributed by atoms with Crippen LogP contribution in [0.4, 0.5) is 11.4 Å². The lowest BCUT2D eigenvalue weighted by atomic mass is 10.1. The molecule has 6 nitrogen and oxygen atoms in total. The number of benzene rings is 3. The lowest BCUT2D eigenvalue weighted by Gasteiger charge is -2.10. The molecule has 0 aromatic heterocycles. The van der Waals surface area contributed by atoms with E-state index < -0.39 is 10.0 Å². The molecule has 0 fully saturated rings. The lowest BCUT2D eigenvalue weighted by Crippen LogP contribution is -2.14. The topological polar surface area (TPSA) is 87.6 Å². The van der Waals surface area contributed by atoms with Crippen LogP contribution in [0.15, 0.2) is 82.1 Å². The van der Waals surface area contributed by atoms with Gasteiger partial charge in [0.25, 0.3) is 15.9 Å². The smallest absolute Gasteiger partial charge is 0.285 e. The second-order valence-corrected chi connectivity index (χ2v) is 7.96. The maximum absolute atomic E-state index is 12.4. The van der Waals surface area contributed by atoms with Gasteiger partial charge < -0.3 is 10.6 Å². The number of nitrogens with zero attached hydrogens (tertiary/aromatic N) is 1. The zero-order valence-corrected chi connectivity index (χ0v) is 15.8. The highest BCUT2D eigenvalue weighted by Crippen LogP contribution is 2.26. The molecule has 0 spiro atoms. The minimum Gasteiger partial charge on any atom is -0.339 e. The zero-order chi connectivity index (χ0) is 19.7. The Bertz CT molecular complexity index is 1200. The van der Waals surface area contributed by atoms with Gasteiger partial charge in [0, 0.05) is 22.5 Å². The van der Waals surface area contributed by atoms with E-state index in [2.05, 4.69) is 15.0 Å². The first kappa shape index (κ1) is 17.9. The Morgan fingerprint density at radius 3 is 2.32 bits per heavy atom. The predicted molar refractivity (Wildman–Crippen MR) is 109 cm³/mol. The molecule has 0 saturated carbocycles. The predicted octanol–water partition coefficient (Wildman–Crippen LogP) is 3.81. The number of nitrogens with one attached hydrogen (secondary N) is 2. The highest BCUT2D eigenvalue weighted by Gasteiger charge is 2.28. The van der Waals surface area contributed by atoms with E-state index in [1.165, 1.54) is 6.07 Å². The summed E-state index contributed by atoms with van der Waals surface area (Å²) in [5.74, 6) is 0.0553. The Morgan fingerprint density at radius 1 is 0.893 bits per heavy atom. The number of anilines is 2. The standard InChI is InChI=1S/C21H17N3O3S/c1-14-6-2-4-8-18(14)23-21(25)15-10-12-16(13-11-15)22-20-17-7-3-5-9-19(17)28(26,27)24-20/h2-13H,1H3,(H,22,24)(H,23,25). The number of sulfonamides is 1. The summed E-state index contributed by atoms with van der Waals surface area (Å²) in [5.41, 5.74) is 3.40. The van der Waals surface area contributed by atoms with Crippen molar-refractivity contribution < 1.29 is 13.2 Å². The fourth-order valence-electron chi connectivity index (χ4n) is 2.95. The number of aryl methyl sites for hydroxylation is 1. The Kier molecular flexibility index (Phi) is 4.44. The minimum atomic E-state index is -3.67. The van der Waals surface area contributed by atoms with Gasteiger partial charge in [-0.15, -0.1) is 4.40 Å². The average molecular weight is 391 g/mol. The zero-order valence-electron chi connectivity index (χ0n) is 15.0. The summed E-state index contributed by atoms with van der Waals surface area (Å²) in [4.78, 5) is 12.6. The van der Waals surface area contributed by atoms with Crippen molar-refractivity contribution in [3.63, 3.8) is 0 Å². The summed E-state index contributed by atoms with van der Waals surface area (Å²) in [6.07, 6.45) is 0. The van der Waals surface area contributed by atoms with Crippen LogP contribution >= 0.6 is 0 Å². The molecule has 0 saturated heterocycles. The molecule has 0 unspecified atom stereocenters. The average Bonchev–Trinajstić information content (AvgIpc) is 2.95. The van der Waals surface area contributed by atoms with Crippen LogP contribution < -0.4 is 10.6 Å². The summed E-state index contributed by atoms with van der Waals surface area (Å²) >= 11 is 0. The van der Waals surface area contributed by atoms with Crippen molar-refractivity contribution in [2.24, 2.45) is 4.40 Å². The fourth-order valence-corrected chi connectivity index (χ4v) is 4.12. The van der Waals surface area contributed by atoms with Crippen molar-refractivity contribution in [3.05, 3.63) is 89.5 Å². The monoisotopic (exact) mass is 391 g/mol. The van der Waals surface area contributed by atoms with Crippen LogP contribution in [0.25, 0.3) is 0 Å². The third kappa shape index (κ3) is 3.39. The molecule has 7 heteroatoms. The number of carbonyl (C=O) groups excluding carboxylic acids is 1. The Labute approximate surface area is 163 Å². The van der Waals surface area contributed by atoms with E-state index in [1.54, 1.807) is 42.5 Å². The molecule has 1 aliphatic heterocycles. The molecule has 28 heavy (non-hydrogen) atoms. The molecule has 3 aromatic carbocycles. The second kappa shape index (κ2) is 6.94. The van der Waals surface area contributed by atoms with E-state index >= 15 is 0 Å². The van der Waals surface area contributed by atoms with Crippen LogP contribution in [0.1, 0.15) is 21.5 Å². The van der Waals surface area contributed by atoms with Gasteiger partial charge >= 0.3 is 0 Å². The number of amides is 1. The molecule has 0 atom stereocenters. The molecule has 4 rings (SSSR count). The van der Waals surface area contributed by atoms with Gasteiger partial charge in [-0.25, -0.2) is 0 Å². The van der Waals surface area contributed by atoms with Gasteiger partial charge in [0.1, 0.15) is 4.90 Å². The van der Waals surface area contributed by atoms with Crippen LogP contribution in [0.5, 0.6) is 0 Å².